The molecule has 0 fully saturated rings. The van der Waals surface area contributed by atoms with Gasteiger partial charge in [0.15, 0.2) is 0 Å². The molecular formula is C26H30N4O3S. The van der Waals surface area contributed by atoms with Gasteiger partial charge >= 0.3 is 0 Å². The molecule has 178 valence electrons. The minimum atomic E-state index is -0.571. The van der Waals surface area contributed by atoms with Crippen LogP contribution in [-0.4, -0.2) is 39.9 Å². The van der Waals surface area contributed by atoms with Crippen LogP contribution in [0.15, 0.2) is 65.8 Å². The number of nitrogens with one attached hydrogen (secondary N) is 2. The quantitative estimate of drug-likeness (QED) is 0.413. The molecule has 2 heterocycles. The minimum absolute atomic E-state index is 0.0341. The van der Waals surface area contributed by atoms with Gasteiger partial charge in [0, 0.05) is 50.3 Å². The first-order valence-corrected chi connectivity index (χ1v) is 12.6. The van der Waals surface area contributed by atoms with Gasteiger partial charge in [0.05, 0.1) is 0 Å². The molecule has 2 aromatic heterocycles. The average molecular weight is 479 g/mol. The van der Waals surface area contributed by atoms with Gasteiger partial charge in [0.2, 0.25) is 5.43 Å². The molecule has 0 saturated heterocycles. The fourth-order valence-corrected chi connectivity index (χ4v) is 3.80. The van der Waals surface area contributed by atoms with E-state index in [4.69, 9.17) is 0 Å². The van der Waals surface area contributed by atoms with Crippen molar-refractivity contribution in [2.75, 3.05) is 18.6 Å². The first kappa shape index (κ1) is 25.2. The van der Waals surface area contributed by atoms with Crippen molar-refractivity contribution < 1.29 is 9.59 Å². The van der Waals surface area contributed by atoms with Crippen molar-refractivity contribution in [1.82, 2.24) is 20.2 Å². The Labute approximate surface area is 204 Å². The average Bonchev–Trinajstić information content (AvgIpc) is 2.86. The maximum absolute atomic E-state index is 13.1. The van der Waals surface area contributed by atoms with Crippen molar-refractivity contribution in [2.45, 2.75) is 32.9 Å². The number of benzene rings is 1. The number of aromatic nitrogens is 2. The zero-order valence-corrected chi connectivity index (χ0v) is 20.4. The van der Waals surface area contributed by atoms with Gasteiger partial charge in [0.1, 0.15) is 11.1 Å². The molecule has 0 aliphatic heterocycles. The van der Waals surface area contributed by atoms with Crippen molar-refractivity contribution in [3.05, 3.63) is 99.2 Å². The standard InChI is InChI=1S/C26H30N4O3S/c1-19-7-9-20(10-8-19)16-29-26(33)23-18-30(14-11-21-6-3-4-12-27-21)17-22(24(23)31)25(32)28-13-5-15-34-2/h3-4,6-10,12,17-18H,5,11,13-16H2,1-2H3,(H,28,32)(H,29,33). The molecule has 3 rings (SSSR count). The van der Waals surface area contributed by atoms with Gasteiger partial charge in [0.25, 0.3) is 11.8 Å². The smallest absolute Gasteiger partial charge is 0.257 e. The van der Waals surface area contributed by atoms with E-state index in [-0.39, 0.29) is 17.7 Å². The van der Waals surface area contributed by atoms with Crippen LogP contribution in [0.1, 0.15) is 44.0 Å². The normalized spacial score (nSPS) is 10.6. The summed E-state index contributed by atoms with van der Waals surface area (Å²) in [6.07, 6.45) is 8.16. The van der Waals surface area contributed by atoms with Crippen LogP contribution in [-0.2, 0) is 19.5 Å². The predicted molar refractivity (Wildman–Crippen MR) is 136 cm³/mol. The summed E-state index contributed by atoms with van der Waals surface area (Å²) in [5.74, 6) is -0.0594. The van der Waals surface area contributed by atoms with Gasteiger partial charge < -0.3 is 15.2 Å². The molecule has 0 aliphatic carbocycles. The van der Waals surface area contributed by atoms with Crippen molar-refractivity contribution >= 4 is 23.6 Å². The summed E-state index contributed by atoms with van der Waals surface area (Å²) in [5, 5.41) is 5.60. The summed E-state index contributed by atoms with van der Waals surface area (Å²) in [7, 11) is 0. The van der Waals surface area contributed by atoms with E-state index in [1.807, 2.05) is 55.6 Å². The topological polar surface area (TPSA) is 93.1 Å². The maximum atomic E-state index is 13.1. The van der Waals surface area contributed by atoms with Gasteiger partial charge in [-0.1, -0.05) is 35.9 Å². The van der Waals surface area contributed by atoms with Crippen LogP contribution in [0, 0.1) is 6.92 Å². The Morgan fingerprint density at radius 1 is 1.00 bits per heavy atom. The lowest BCUT2D eigenvalue weighted by Gasteiger charge is -2.13. The van der Waals surface area contributed by atoms with E-state index in [1.54, 1.807) is 22.5 Å². The minimum Gasteiger partial charge on any atom is -0.352 e. The molecule has 0 aliphatic rings. The highest BCUT2D eigenvalue weighted by atomic mass is 32.2. The van der Waals surface area contributed by atoms with Crippen LogP contribution in [0.3, 0.4) is 0 Å². The number of rotatable bonds is 11. The number of hydrogen-bond donors (Lipinski definition) is 2. The van der Waals surface area contributed by atoms with E-state index >= 15 is 0 Å². The highest BCUT2D eigenvalue weighted by Crippen LogP contribution is 2.06. The van der Waals surface area contributed by atoms with Crippen LogP contribution < -0.4 is 16.1 Å². The molecule has 2 amide bonds. The molecule has 0 radical (unpaired) electrons. The zero-order valence-electron chi connectivity index (χ0n) is 19.5. The summed E-state index contributed by atoms with van der Waals surface area (Å²) in [4.78, 5) is 43.1. The van der Waals surface area contributed by atoms with Gasteiger partial charge in [-0.3, -0.25) is 19.4 Å². The molecule has 3 aromatic rings. The Kier molecular flexibility index (Phi) is 9.46. The number of thioether (sulfide) groups is 1. The molecule has 2 N–H and O–H groups in total. The molecule has 34 heavy (non-hydrogen) atoms. The number of aryl methyl sites for hydroxylation is 3. The first-order chi connectivity index (χ1) is 16.5. The van der Waals surface area contributed by atoms with E-state index in [9.17, 15) is 14.4 Å². The van der Waals surface area contributed by atoms with Gasteiger partial charge in [-0.15, -0.1) is 0 Å². The summed E-state index contributed by atoms with van der Waals surface area (Å²) in [6, 6.07) is 13.5. The molecule has 0 atom stereocenters. The number of carbonyl (C=O) groups is 2. The highest BCUT2D eigenvalue weighted by Gasteiger charge is 2.19. The number of carbonyl (C=O) groups excluding carboxylic acids is 2. The third-order valence-electron chi connectivity index (χ3n) is 5.31. The van der Waals surface area contributed by atoms with Crippen LogP contribution in [0.5, 0.6) is 0 Å². The molecule has 7 nitrogen and oxygen atoms in total. The number of pyridine rings is 2. The second-order valence-electron chi connectivity index (χ2n) is 7.99. The lowest BCUT2D eigenvalue weighted by Crippen LogP contribution is -2.35. The van der Waals surface area contributed by atoms with Crippen LogP contribution in [0.2, 0.25) is 0 Å². The molecule has 0 saturated carbocycles. The predicted octanol–water partition coefficient (Wildman–Crippen LogP) is 3.21. The SMILES string of the molecule is CSCCCNC(=O)c1cn(CCc2ccccn2)cc(C(=O)NCc2ccc(C)cc2)c1=O. The monoisotopic (exact) mass is 478 g/mol. The number of amides is 2. The van der Waals surface area contributed by atoms with E-state index in [2.05, 4.69) is 15.6 Å². The molecule has 0 unspecified atom stereocenters. The maximum Gasteiger partial charge on any atom is 0.257 e. The molecule has 1 aromatic carbocycles. The largest absolute Gasteiger partial charge is 0.352 e. The lowest BCUT2D eigenvalue weighted by atomic mass is 10.1. The molecule has 0 bridgehead atoms. The Morgan fingerprint density at radius 3 is 2.35 bits per heavy atom. The number of hydrogen-bond acceptors (Lipinski definition) is 5. The Bertz CT molecular complexity index is 1160. The van der Waals surface area contributed by atoms with E-state index in [1.165, 1.54) is 12.4 Å². The van der Waals surface area contributed by atoms with Crippen molar-refractivity contribution in [2.24, 2.45) is 0 Å². The Hall–Kier alpha value is -3.39. The van der Waals surface area contributed by atoms with Gasteiger partial charge in [-0.05, 0) is 43.0 Å². The van der Waals surface area contributed by atoms with Crippen molar-refractivity contribution in [3.63, 3.8) is 0 Å². The third kappa shape index (κ3) is 7.31. The Balaban J connectivity index is 1.81. The summed E-state index contributed by atoms with van der Waals surface area (Å²) >= 11 is 1.69. The van der Waals surface area contributed by atoms with Crippen LogP contribution in [0.25, 0.3) is 0 Å². The van der Waals surface area contributed by atoms with Gasteiger partial charge in [-0.25, -0.2) is 0 Å². The fourth-order valence-electron chi connectivity index (χ4n) is 3.37. The first-order valence-electron chi connectivity index (χ1n) is 11.2. The molecular weight excluding hydrogens is 448 g/mol. The van der Waals surface area contributed by atoms with Crippen molar-refractivity contribution in [3.8, 4) is 0 Å². The van der Waals surface area contributed by atoms with Crippen LogP contribution in [0.4, 0.5) is 0 Å². The zero-order chi connectivity index (χ0) is 24.3. The van der Waals surface area contributed by atoms with E-state index < -0.39 is 17.2 Å². The number of nitrogens with zero attached hydrogens (tertiary/aromatic N) is 2. The lowest BCUT2D eigenvalue weighted by molar-refractivity contribution is 0.0948. The molecule has 0 spiro atoms. The summed E-state index contributed by atoms with van der Waals surface area (Å²) < 4.78 is 1.72. The second kappa shape index (κ2) is 12.7. The summed E-state index contributed by atoms with van der Waals surface area (Å²) in [6.45, 7) is 3.23. The van der Waals surface area contributed by atoms with E-state index in [0.717, 1.165) is 29.0 Å². The van der Waals surface area contributed by atoms with E-state index in [0.29, 0.717) is 19.5 Å². The van der Waals surface area contributed by atoms with Gasteiger partial charge in [-0.2, -0.15) is 11.8 Å². The third-order valence-corrected chi connectivity index (χ3v) is 6.00. The molecule has 8 heteroatoms. The van der Waals surface area contributed by atoms with Crippen LogP contribution >= 0.6 is 11.8 Å². The van der Waals surface area contributed by atoms with Crippen molar-refractivity contribution in [1.29, 1.82) is 0 Å². The second-order valence-corrected chi connectivity index (χ2v) is 8.98. The fraction of sp³-hybridized carbons (Fsp3) is 0.308. The summed E-state index contributed by atoms with van der Waals surface area (Å²) in [5.41, 5.74) is 2.28. The Morgan fingerprint density at radius 2 is 1.71 bits per heavy atom. The highest BCUT2D eigenvalue weighted by molar-refractivity contribution is 7.98.